The van der Waals surface area contributed by atoms with E-state index < -0.39 is 0 Å². The summed E-state index contributed by atoms with van der Waals surface area (Å²) in [5.74, 6) is 0.308. The maximum absolute atomic E-state index is 13.0. The summed E-state index contributed by atoms with van der Waals surface area (Å²) in [6, 6.07) is 9.99. The lowest BCUT2D eigenvalue weighted by Crippen LogP contribution is -2.38. The second-order valence-corrected chi connectivity index (χ2v) is 7.49. The van der Waals surface area contributed by atoms with Crippen molar-refractivity contribution >= 4 is 5.91 Å². The highest BCUT2D eigenvalue weighted by molar-refractivity contribution is 5.95. The maximum atomic E-state index is 13.0. The molecule has 0 unspecified atom stereocenters. The lowest BCUT2D eigenvalue weighted by Gasteiger charge is -2.32. The lowest BCUT2D eigenvalue weighted by atomic mass is 9.90. The number of aliphatic hydroxyl groups is 1. The molecule has 4 rings (SSSR count). The number of para-hydroxylation sites is 1. The molecule has 0 bridgehead atoms. The molecule has 1 fully saturated rings. The largest absolute Gasteiger partial charge is 0.392 e. The molecule has 1 amide bonds. The molecule has 2 aromatic heterocycles. The van der Waals surface area contributed by atoms with Gasteiger partial charge in [-0.2, -0.15) is 10.2 Å². The third kappa shape index (κ3) is 3.58. The molecule has 0 spiro atoms. The van der Waals surface area contributed by atoms with Crippen LogP contribution in [0.4, 0.5) is 0 Å². The summed E-state index contributed by atoms with van der Waals surface area (Å²) in [5, 5.41) is 18.7. The van der Waals surface area contributed by atoms with Crippen LogP contribution in [0.15, 0.2) is 42.7 Å². The number of nitrogens with zero attached hydrogens (tertiary/aromatic N) is 5. The Morgan fingerprint density at radius 3 is 2.48 bits per heavy atom. The summed E-state index contributed by atoms with van der Waals surface area (Å²) < 4.78 is 3.79. The number of likely N-dealkylation sites (tertiary alicyclic amines) is 1. The first-order valence-corrected chi connectivity index (χ1v) is 10.2. The number of aryl methyl sites for hydroxylation is 1. The minimum atomic E-state index is -0.0310. The number of hydrogen-bond acceptors (Lipinski definition) is 4. The van der Waals surface area contributed by atoms with E-state index >= 15 is 0 Å². The van der Waals surface area contributed by atoms with E-state index in [0.717, 1.165) is 42.0 Å². The first kappa shape index (κ1) is 19.4. The molecule has 3 heterocycles. The Labute approximate surface area is 170 Å². The number of aliphatic hydroxyl groups excluding tert-OH is 1. The molecule has 29 heavy (non-hydrogen) atoms. The zero-order valence-electron chi connectivity index (χ0n) is 17.0. The average molecular weight is 393 g/mol. The summed E-state index contributed by atoms with van der Waals surface area (Å²) in [5.41, 5.74) is 4.52. The Kier molecular flexibility index (Phi) is 5.49. The highest BCUT2D eigenvalue weighted by Gasteiger charge is 2.29. The molecule has 0 aliphatic carbocycles. The SMILES string of the molecule is CCn1ncc(C(=O)N2CCC(c3c(CO)cnn3-c3ccccc3)CC2)c1C. The highest BCUT2D eigenvalue weighted by Crippen LogP contribution is 2.32. The predicted molar refractivity (Wildman–Crippen MR) is 110 cm³/mol. The number of hydrogen-bond donors (Lipinski definition) is 1. The fourth-order valence-electron chi connectivity index (χ4n) is 4.23. The van der Waals surface area contributed by atoms with Crippen molar-refractivity contribution in [2.45, 2.75) is 45.8 Å². The van der Waals surface area contributed by atoms with Crippen molar-refractivity contribution in [2.75, 3.05) is 13.1 Å². The van der Waals surface area contributed by atoms with Crippen molar-refractivity contribution in [3.8, 4) is 5.69 Å². The zero-order valence-corrected chi connectivity index (χ0v) is 17.0. The van der Waals surface area contributed by atoms with Gasteiger partial charge in [0.05, 0.1) is 35.9 Å². The van der Waals surface area contributed by atoms with Crippen molar-refractivity contribution in [1.29, 1.82) is 0 Å². The predicted octanol–water partition coefficient (Wildman–Crippen LogP) is 2.91. The lowest BCUT2D eigenvalue weighted by molar-refractivity contribution is 0.0710. The van der Waals surface area contributed by atoms with Gasteiger partial charge in [0.15, 0.2) is 0 Å². The van der Waals surface area contributed by atoms with Crippen molar-refractivity contribution in [1.82, 2.24) is 24.5 Å². The topological polar surface area (TPSA) is 76.2 Å². The fraction of sp³-hybridized carbons (Fsp3) is 0.409. The molecule has 0 saturated carbocycles. The first-order valence-electron chi connectivity index (χ1n) is 10.2. The zero-order chi connectivity index (χ0) is 20.4. The number of benzene rings is 1. The summed E-state index contributed by atoms with van der Waals surface area (Å²) in [6.45, 7) is 6.07. The Bertz CT molecular complexity index is 984. The number of rotatable bonds is 5. The molecule has 152 valence electrons. The van der Waals surface area contributed by atoms with Gasteiger partial charge in [-0.15, -0.1) is 0 Å². The summed E-state index contributed by atoms with van der Waals surface area (Å²) >= 11 is 0. The van der Waals surface area contributed by atoms with E-state index in [9.17, 15) is 9.90 Å². The van der Waals surface area contributed by atoms with Crippen molar-refractivity contribution in [3.63, 3.8) is 0 Å². The molecule has 7 heteroatoms. The monoisotopic (exact) mass is 393 g/mol. The Morgan fingerprint density at radius 2 is 1.86 bits per heavy atom. The molecule has 1 saturated heterocycles. The number of aromatic nitrogens is 4. The molecule has 3 aromatic rings. The van der Waals surface area contributed by atoms with Crippen molar-refractivity contribution in [3.05, 3.63) is 65.2 Å². The van der Waals surface area contributed by atoms with E-state index in [4.69, 9.17) is 0 Å². The molecular weight excluding hydrogens is 366 g/mol. The Hall–Kier alpha value is -2.93. The van der Waals surface area contributed by atoms with E-state index in [0.29, 0.717) is 18.7 Å². The molecule has 1 aliphatic rings. The third-order valence-corrected chi connectivity index (χ3v) is 5.86. The normalized spacial score (nSPS) is 15.1. The second-order valence-electron chi connectivity index (χ2n) is 7.49. The van der Waals surface area contributed by atoms with Gasteiger partial charge in [-0.1, -0.05) is 18.2 Å². The molecule has 0 radical (unpaired) electrons. The van der Waals surface area contributed by atoms with Crippen LogP contribution in [0.25, 0.3) is 5.69 Å². The van der Waals surface area contributed by atoms with Gasteiger partial charge in [0.25, 0.3) is 5.91 Å². The minimum absolute atomic E-state index is 0.0310. The van der Waals surface area contributed by atoms with Gasteiger partial charge in [-0.3, -0.25) is 9.48 Å². The van der Waals surface area contributed by atoms with Crippen LogP contribution in [0.5, 0.6) is 0 Å². The van der Waals surface area contributed by atoms with Crippen LogP contribution in [-0.4, -0.2) is 48.6 Å². The van der Waals surface area contributed by atoms with E-state index in [1.807, 2.05) is 58.4 Å². The van der Waals surface area contributed by atoms with Crippen molar-refractivity contribution < 1.29 is 9.90 Å². The number of piperidine rings is 1. The average Bonchev–Trinajstić information content (AvgIpc) is 3.37. The van der Waals surface area contributed by atoms with Crippen LogP contribution in [0.1, 0.15) is 53.0 Å². The van der Waals surface area contributed by atoms with Gasteiger partial charge in [0, 0.05) is 36.8 Å². The minimum Gasteiger partial charge on any atom is -0.392 e. The van der Waals surface area contributed by atoms with Gasteiger partial charge in [-0.25, -0.2) is 4.68 Å². The molecule has 0 atom stereocenters. The fourth-order valence-corrected chi connectivity index (χ4v) is 4.23. The van der Waals surface area contributed by atoms with Crippen molar-refractivity contribution in [2.24, 2.45) is 0 Å². The molecule has 7 nitrogen and oxygen atoms in total. The van der Waals surface area contributed by atoms with Crippen LogP contribution in [0.2, 0.25) is 0 Å². The van der Waals surface area contributed by atoms with E-state index in [1.165, 1.54) is 0 Å². The smallest absolute Gasteiger partial charge is 0.257 e. The van der Waals surface area contributed by atoms with Gasteiger partial charge in [0.1, 0.15) is 0 Å². The van der Waals surface area contributed by atoms with E-state index in [-0.39, 0.29) is 18.4 Å². The molecule has 1 aromatic carbocycles. The standard InChI is InChI=1S/C22H27N5O2/c1-3-26-16(2)20(14-23-26)22(29)25-11-9-17(10-12-25)21-18(15-28)13-24-27(21)19-7-5-4-6-8-19/h4-8,13-14,17,28H,3,9-12,15H2,1-2H3. The van der Waals surface area contributed by atoms with E-state index in [1.54, 1.807) is 12.4 Å². The third-order valence-electron chi connectivity index (χ3n) is 5.86. The molecular formula is C22H27N5O2. The van der Waals surface area contributed by atoms with Gasteiger partial charge in [-0.05, 0) is 38.8 Å². The molecule has 1 N–H and O–H groups in total. The van der Waals surface area contributed by atoms with Crippen LogP contribution in [0.3, 0.4) is 0 Å². The summed E-state index contributed by atoms with van der Waals surface area (Å²) in [4.78, 5) is 14.9. The molecule has 1 aliphatic heterocycles. The van der Waals surface area contributed by atoms with Crippen LogP contribution < -0.4 is 0 Å². The number of amides is 1. The Balaban J connectivity index is 1.52. The van der Waals surface area contributed by atoms with Gasteiger partial charge >= 0.3 is 0 Å². The first-order chi connectivity index (χ1) is 14.1. The number of carbonyl (C=O) groups excluding carboxylic acids is 1. The van der Waals surface area contributed by atoms with E-state index in [2.05, 4.69) is 10.2 Å². The van der Waals surface area contributed by atoms with Gasteiger partial charge in [0.2, 0.25) is 0 Å². The maximum Gasteiger partial charge on any atom is 0.257 e. The summed E-state index contributed by atoms with van der Waals surface area (Å²) in [6.07, 6.45) is 5.13. The summed E-state index contributed by atoms with van der Waals surface area (Å²) in [7, 11) is 0. The van der Waals surface area contributed by atoms with Crippen LogP contribution in [-0.2, 0) is 13.2 Å². The van der Waals surface area contributed by atoms with Crippen LogP contribution >= 0.6 is 0 Å². The van der Waals surface area contributed by atoms with Gasteiger partial charge < -0.3 is 10.0 Å². The second kappa shape index (κ2) is 8.21. The number of carbonyl (C=O) groups is 1. The Morgan fingerprint density at radius 1 is 1.14 bits per heavy atom. The van der Waals surface area contributed by atoms with Crippen LogP contribution in [0, 0.1) is 6.92 Å². The highest BCUT2D eigenvalue weighted by atomic mass is 16.3. The quantitative estimate of drug-likeness (QED) is 0.723.